The molecule has 0 saturated heterocycles. The summed E-state index contributed by atoms with van der Waals surface area (Å²) in [6.07, 6.45) is 0. The van der Waals surface area contributed by atoms with Crippen molar-refractivity contribution in [2.75, 3.05) is 13.7 Å². The summed E-state index contributed by atoms with van der Waals surface area (Å²) in [6, 6.07) is 7.65. The summed E-state index contributed by atoms with van der Waals surface area (Å²) >= 11 is 0. The molecule has 0 aliphatic rings. The van der Waals surface area contributed by atoms with E-state index in [9.17, 15) is 4.79 Å². The highest BCUT2D eigenvalue weighted by atomic mass is 16.5. The van der Waals surface area contributed by atoms with Crippen LogP contribution in [0.5, 0.6) is 5.75 Å². The molecule has 4 nitrogen and oxygen atoms in total. The van der Waals surface area contributed by atoms with Crippen LogP contribution in [0.1, 0.15) is 39.3 Å². The summed E-state index contributed by atoms with van der Waals surface area (Å²) in [5.41, 5.74) is 1.05. The van der Waals surface area contributed by atoms with Gasteiger partial charge in [0.05, 0.1) is 13.2 Å². The van der Waals surface area contributed by atoms with E-state index in [1.807, 2.05) is 38.1 Å². The van der Waals surface area contributed by atoms with Crippen molar-refractivity contribution in [3.63, 3.8) is 0 Å². The maximum absolute atomic E-state index is 12.0. The van der Waals surface area contributed by atoms with Gasteiger partial charge in [0.15, 0.2) is 0 Å². The predicted octanol–water partition coefficient (Wildman–Crippen LogP) is 2.51. The second kappa shape index (κ2) is 7.90. The smallest absolute Gasteiger partial charge is 0.236 e. The van der Waals surface area contributed by atoms with Gasteiger partial charge < -0.3 is 10.1 Å². The molecule has 1 aromatic rings. The molecule has 4 heteroatoms. The average molecular weight is 278 g/mol. The van der Waals surface area contributed by atoms with Gasteiger partial charge in [-0.25, -0.2) is 0 Å². The molecule has 0 saturated carbocycles. The van der Waals surface area contributed by atoms with Gasteiger partial charge in [0.2, 0.25) is 5.91 Å². The van der Waals surface area contributed by atoms with E-state index in [4.69, 9.17) is 4.74 Å². The lowest BCUT2D eigenvalue weighted by molar-refractivity contribution is -0.123. The molecule has 0 aliphatic heterocycles. The molecular formula is C16H26N2O2. The van der Waals surface area contributed by atoms with Crippen LogP contribution >= 0.6 is 0 Å². The van der Waals surface area contributed by atoms with E-state index in [0.717, 1.165) is 11.3 Å². The Labute approximate surface area is 121 Å². The first-order valence-electron chi connectivity index (χ1n) is 7.12. The number of hydrogen-bond acceptors (Lipinski definition) is 3. The van der Waals surface area contributed by atoms with Crippen LogP contribution in [-0.4, -0.2) is 25.6 Å². The Morgan fingerprint density at radius 3 is 2.45 bits per heavy atom. The monoisotopic (exact) mass is 278 g/mol. The molecule has 1 unspecified atom stereocenters. The molecule has 1 aromatic carbocycles. The Morgan fingerprint density at radius 2 is 1.85 bits per heavy atom. The molecule has 112 valence electrons. The van der Waals surface area contributed by atoms with Crippen LogP contribution in [0.25, 0.3) is 0 Å². The molecule has 0 bridgehead atoms. The third kappa shape index (κ3) is 4.85. The zero-order valence-electron chi connectivity index (χ0n) is 13.1. The van der Waals surface area contributed by atoms with E-state index in [1.165, 1.54) is 0 Å². The first kappa shape index (κ1) is 16.5. The van der Waals surface area contributed by atoms with Gasteiger partial charge in [-0.3, -0.25) is 10.1 Å². The minimum absolute atomic E-state index is 0.0282. The van der Waals surface area contributed by atoms with Gasteiger partial charge in [-0.1, -0.05) is 32.0 Å². The van der Waals surface area contributed by atoms with Crippen LogP contribution in [0.4, 0.5) is 0 Å². The van der Waals surface area contributed by atoms with Gasteiger partial charge in [-0.15, -0.1) is 0 Å². The molecule has 2 N–H and O–H groups in total. The van der Waals surface area contributed by atoms with E-state index < -0.39 is 0 Å². The fraction of sp³-hybridized carbons (Fsp3) is 0.562. The minimum atomic E-state index is -0.242. The summed E-state index contributed by atoms with van der Waals surface area (Å²) in [4.78, 5) is 12.0. The first-order chi connectivity index (χ1) is 9.45. The molecule has 0 fully saturated rings. The Morgan fingerprint density at radius 1 is 1.20 bits per heavy atom. The minimum Gasteiger partial charge on any atom is -0.496 e. The van der Waals surface area contributed by atoms with Crippen LogP contribution in [0.2, 0.25) is 0 Å². The lowest BCUT2D eigenvalue weighted by Crippen LogP contribution is -2.44. The van der Waals surface area contributed by atoms with Gasteiger partial charge in [-0.05, 0) is 25.8 Å². The fourth-order valence-corrected chi connectivity index (χ4v) is 2.02. The highest BCUT2D eigenvalue weighted by Gasteiger charge is 2.18. The Kier molecular flexibility index (Phi) is 6.52. The first-order valence-corrected chi connectivity index (χ1v) is 7.12. The number of nitrogens with one attached hydrogen (secondary N) is 2. The number of benzene rings is 1. The predicted molar refractivity (Wildman–Crippen MR) is 81.9 cm³/mol. The second-order valence-electron chi connectivity index (χ2n) is 5.49. The maximum Gasteiger partial charge on any atom is 0.236 e. The third-order valence-corrected chi connectivity index (χ3v) is 3.18. The molecule has 2 atom stereocenters. The van der Waals surface area contributed by atoms with Gasteiger partial charge in [0.1, 0.15) is 5.75 Å². The molecule has 0 radical (unpaired) electrons. The summed E-state index contributed by atoms with van der Waals surface area (Å²) in [5, 5.41) is 6.24. The van der Waals surface area contributed by atoms with Crippen LogP contribution in [0, 0.1) is 5.92 Å². The number of para-hydroxylation sites is 1. The number of hydrogen-bond donors (Lipinski definition) is 2. The van der Waals surface area contributed by atoms with Crippen molar-refractivity contribution in [2.45, 2.75) is 39.8 Å². The van der Waals surface area contributed by atoms with Crippen molar-refractivity contribution < 1.29 is 9.53 Å². The normalized spacial score (nSPS) is 13.9. The Hall–Kier alpha value is -1.55. The molecule has 1 rings (SSSR count). The lowest BCUT2D eigenvalue weighted by Gasteiger charge is -2.22. The molecule has 0 aliphatic carbocycles. The number of rotatable bonds is 7. The number of carbonyl (C=O) groups excluding carboxylic acids is 1. The van der Waals surface area contributed by atoms with Crippen molar-refractivity contribution in [1.29, 1.82) is 0 Å². The van der Waals surface area contributed by atoms with Gasteiger partial charge in [-0.2, -0.15) is 0 Å². The maximum atomic E-state index is 12.0. The van der Waals surface area contributed by atoms with Crippen molar-refractivity contribution >= 4 is 5.91 Å². The Bertz CT molecular complexity index is 432. The highest BCUT2D eigenvalue weighted by molar-refractivity contribution is 5.81. The van der Waals surface area contributed by atoms with E-state index in [-0.39, 0.29) is 18.0 Å². The second-order valence-corrected chi connectivity index (χ2v) is 5.49. The molecule has 1 amide bonds. The number of methoxy groups -OCH3 is 1. The molecule has 0 heterocycles. The lowest BCUT2D eigenvalue weighted by atomic mass is 10.1. The standard InChI is InChI=1S/C16H26N2O2/c1-11(2)10-17-16(19)13(4)18-12(3)14-8-6-7-9-15(14)20-5/h6-9,11-13,18H,10H2,1-5H3,(H,17,19)/t12-,13?/m0/s1. The summed E-state index contributed by atoms with van der Waals surface area (Å²) in [5.74, 6) is 1.32. The zero-order valence-corrected chi connectivity index (χ0v) is 13.1. The van der Waals surface area contributed by atoms with E-state index in [2.05, 4.69) is 24.5 Å². The third-order valence-electron chi connectivity index (χ3n) is 3.18. The van der Waals surface area contributed by atoms with Crippen molar-refractivity contribution in [1.82, 2.24) is 10.6 Å². The van der Waals surface area contributed by atoms with Crippen LogP contribution < -0.4 is 15.4 Å². The summed E-state index contributed by atoms with van der Waals surface area (Å²) in [7, 11) is 1.66. The number of carbonyl (C=O) groups is 1. The molecule has 0 aromatic heterocycles. The van der Waals surface area contributed by atoms with Gasteiger partial charge in [0, 0.05) is 18.2 Å². The van der Waals surface area contributed by atoms with Gasteiger partial charge >= 0.3 is 0 Å². The number of ether oxygens (including phenoxy) is 1. The zero-order chi connectivity index (χ0) is 15.1. The van der Waals surface area contributed by atoms with Crippen molar-refractivity contribution in [2.24, 2.45) is 5.92 Å². The quantitative estimate of drug-likeness (QED) is 0.805. The summed E-state index contributed by atoms with van der Waals surface area (Å²) in [6.45, 7) is 8.77. The molecular weight excluding hydrogens is 252 g/mol. The number of amides is 1. The Balaban J connectivity index is 2.60. The fourth-order valence-electron chi connectivity index (χ4n) is 2.02. The molecule has 20 heavy (non-hydrogen) atoms. The SMILES string of the molecule is COc1ccccc1[C@H](C)NC(C)C(=O)NCC(C)C. The average Bonchev–Trinajstić information content (AvgIpc) is 2.44. The molecule has 0 spiro atoms. The van der Waals surface area contributed by atoms with Crippen LogP contribution in [0.15, 0.2) is 24.3 Å². The largest absolute Gasteiger partial charge is 0.496 e. The summed E-state index contributed by atoms with van der Waals surface area (Å²) < 4.78 is 5.35. The van der Waals surface area contributed by atoms with Crippen LogP contribution in [0.3, 0.4) is 0 Å². The van der Waals surface area contributed by atoms with Gasteiger partial charge in [0.25, 0.3) is 0 Å². The van der Waals surface area contributed by atoms with E-state index in [0.29, 0.717) is 12.5 Å². The van der Waals surface area contributed by atoms with E-state index in [1.54, 1.807) is 7.11 Å². The van der Waals surface area contributed by atoms with Crippen molar-refractivity contribution in [3.8, 4) is 5.75 Å². The van der Waals surface area contributed by atoms with Crippen LogP contribution in [-0.2, 0) is 4.79 Å². The van der Waals surface area contributed by atoms with Crippen molar-refractivity contribution in [3.05, 3.63) is 29.8 Å². The topological polar surface area (TPSA) is 50.4 Å². The van der Waals surface area contributed by atoms with E-state index >= 15 is 0 Å². The highest BCUT2D eigenvalue weighted by Crippen LogP contribution is 2.24.